The van der Waals surface area contributed by atoms with Gasteiger partial charge in [0.25, 0.3) is 0 Å². The largest absolute Gasteiger partial charge is 0.399 e. The monoisotopic (exact) mass is 240 g/mol. The van der Waals surface area contributed by atoms with E-state index in [2.05, 4.69) is 54.3 Å². The Bertz CT molecular complexity index is 462. The number of nitrogen functional groups attached to an aromatic ring is 1. The van der Waals surface area contributed by atoms with Crippen molar-refractivity contribution in [1.82, 2.24) is 0 Å². The van der Waals surface area contributed by atoms with Crippen LogP contribution >= 0.6 is 0 Å². The van der Waals surface area contributed by atoms with Gasteiger partial charge in [-0.2, -0.15) is 0 Å². The number of para-hydroxylation sites is 1. The molecule has 2 aromatic rings. The number of hydrogen-bond acceptors (Lipinski definition) is 2. The highest BCUT2D eigenvalue weighted by atomic mass is 15.1. The van der Waals surface area contributed by atoms with Crippen molar-refractivity contribution in [2.75, 3.05) is 23.7 Å². The minimum absolute atomic E-state index is 0.828. The van der Waals surface area contributed by atoms with Crippen molar-refractivity contribution in [2.24, 2.45) is 0 Å². The maximum absolute atomic E-state index is 5.69. The van der Waals surface area contributed by atoms with Crippen molar-refractivity contribution >= 4 is 11.4 Å². The zero-order chi connectivity index (χ0) is 12.8. The van der Waals surface area contributed by atoms with Crippen LogP contribution < -0.4 is 10.6 Å². The van der Waals surface area contributed by atoms with Crippen molar-refractivity contribution in [3.05, 3.63) is 60.2 Å². The fraction of sp³-hybridized carbons (Fsp3) is 0.250. The molecule has 0 fully saturated rings. The molecule has 0 heterocycles. The Kier molecular flexibility index (Phi) is 4.24. The Balaban J connectivity index is 1.97. The molecule has 0 aliphatic heterocycles. The van der Waals surface area contributed by atoms with Crippen molar-refractivity contribution in [3.8, 4) is 0 Å². The van der Waals surface area contributed by atoms with Gasteiger partial charge in [0.2, 0.25) is 0 Å². The maximum atomic E-state index is 5.69. The summed E-state index contributed by atoms with van der Waals surface area (Å²) in [6.45, 7) is 4.25. The molecule has 2 rings (SSSR count). The number of benzene rings is 2. The van der Waals surface area contributed by atoms with Crippen molar-refractivity contribution in [1.29, 1.82) is 0 Å². The fourth-order valence-corrected chi connectivity index (χ4v) is 2.06. The molecule has 0 spiro atoms. The molecule has 2 N–H and O–H groups in total. The van der Waals surface area contributed by atoms with Crippen LogP contribution in [0.2, 0.25) is 0 Å². The Morgan fingerprint density at radius 3 is 2.22 bits per heavy atom. The standard InChI is InChI=1S/C16H20N2/c1-2-18(16-6-4-3-5-7-16)13-12-14-8-10-15(17)11-9-14/h3-11H,2,12-13,17H2,1H3. The molecule has 0 aliphatic carbocycles. The minimum Gasteiger partial charge on any atom is -0.399 e. The number of rotatable bonds is 5. The Morgan fingerprint density at radius 1 is 0.944 bits per heavy atom. The van der Waals surface area contributed by atoms with Crippen LogP contribution in [-0.2, 0) is 6.42 Å². The lowest BCUT2D eigenvalue weighted by molar-refractivity contribution is 0.809. The van der Waals surface area contributed by atoms with Gasteiger partial charge in [0, 0.05) is 24.5 Å². The second kappa shape index (κ2) is 6.10. The smallest absolute Gasteiger partial charge is 0.0366 e. The van der Waals surface area contributed by atoms with E-state index in [9.17, 15) is 0 Å². The molecular weight excluding hydrogens is 220 g/mol. The van der Waals surface area contributed by atoms with Crippen LogP contribution in [0.3, 0.4) is 0 Å². The lowest BCUT2D eigenvalue weighted by atomic mass is 10.1. The third kappa shape index (κ3) is 3.27. The van der Waals surface area contributed by atoms with Gasteiger partial charge in [-0.1, -0.05) is 30.3 Å². The molecule has 0 saturated heterocycles. The van der Waals surface area contributed by atoms with Gasteiger partial charge in [0.15, 0.2) is 0 Å². The van der Waals surface area contributed by atoms with E-state index in [4.69, 9.17) is 5.73 Å². The highest BCUT2D eigenvalue weighted by Gasteiger charge is 2.03. The lowest BCUT2D eigenvalue weighted by Gasteiger charge is -2.23. The summed E-state index contributed by atoms with van der Waals surface area (Å²) in [7, 11) is 0. The molecule has 0 radical (unpaired) electrons. The van der Waals surface area contributed by atoms with Gasteiger partial charge in [0.05, 0.1) is 0 Å². The summed E-state index contributed by atoms with van der Waals surface area (Å²) in [5.41, 5.74) is 9.14. The molecule has 2 aromatic carbocycles. The highest BCUT2D eigenvalue weighted by Crippen LogP contribution is 2.14. The summed E-state index contributed by atoms with van der Waals surface area (Å²) in [4.78, 5) is 2.39. The average molecular weight is 240 g/mol. The van der Waals surface area contributed by atoms with Gasteiger partial charge in [-0.3, -0.25) is 0 Å². The van der Waals surface area contributed by atoms with Crippen LogP contribution in [0, 0.1) is 0 Å². The molecule has 94 valence electrons. The van der Waals surface area contributed by atoms with Crippen molar-refractivity contribution in [3.63, 3.8) is 0 Å². The molecule has 0 amide bonds. The molecule has 2 heteroatoms. The first-order valence-electron chi connectivity index (χ1n) is 6.44. The van der Waals surface area contributed by atoms with Crippen LogP contribution in [-0.4, -0.2) is 13.1 Å². The van der Waals surface area contributed by atoms with E-state index in [0.717, 1.165) is 25.2 Å². The van der Waals surface area contributed by atoms with Crippen molar-refractivity contribution < 1.29 is 0 Å². The SMILES string of the molecule is CCN(CCc1ccc(N)cc1)c1ccccc1. The Hall–Kier alpha value is -1.96. The summed E-state index contributed by atoms with van der Waals surface area (Å²) >= 11 is 0. The van der Waals surface area contributed by atoms with Gasteiger partial charge in [-0.25, -0.2) is 0 Å². The normalized spacial score (nSPS) is 10.3. The van der Waals surface area contributed by atoms with E-state index in [1.807, 2.05) is 12.1 Å². The average Bonchev–Trinajstić information content (AvgIpc) is 2.43. The predicted molar refractivity (Wildman–Crippen MR) is 78.9 cm³/mol. The van der Waals surface area contributed by atoms with Gasteiger partial charge in [-0.05, 0) is 43.2 Å². The lowest BCUT2D eigenvalue weighted by Crippen LogP contribution is -2.25. The van der Waals surface area contributed by atoms with Gasteiger partial charge >= 0.3 is 0 Å². The summed E-state index contributed by atoms with van der Waals surface area (Å²) in [5.74, 6) is 0. The van der Waals surface area contributed by atoms with E-state index in [1.165, 1.54) is 11.3 Å². The van der Waals surface area contributed by atoms with Crippen molar-refractivity contribution in [2.45, 2.75) is 13.3 Å². The van der Waals surface area contributed by atoms with Gasteiger partial charge < -0.3 is 10.6 Å². The first kappa shape index (κ1) is 12.5. The zero-order valence-electron chi connectivity index (χ0n) is 10.8. The Labute approximate surface area is 109 Å². The van der Waals surface area contributed by atoms with E-state index >= 15 is 0 Å². The van der Waals surface area contributed by atoms with E-state index in [1.54, 1.807) is 0 Å². The topological polar surface area (TPSA) is 29.3 Å². The summed E-state index contributed by atoms with van der Waals surface area (Å²) in [5, 5.41) is 0. The van der Waals surface area contributed by atoms with Crippen LogP contribution in [0.5, 0.6) is 0 Å². The second-order valence-electron chi connectivity index (χ2n) is 4.41. The number of likely N-dealkylation sites (N-methyl/N-ethyl adjacent to an activating group) is 1. The third-order valence-corrected chi connectivity index (χ3v) is 3.15. The quantitative estimate of drug-likeness (QED) is 0.812. The van der Waals surface area contributed by atoms with Crippen LogP contribution in [0.25, 0.3) is 0 Å². The minimum atomic E-state index is 0.828. The summed E-state index contributed by atoms with van der Waals surface area (Å²) in [6.07, 6.45) is 1.04. The Morgan fingerprint density at radius 2 is 1.61 bits per heavy atom. The molecule has 0 saturated carbocycles. The van der Waals surface area contributed by atoms with Crippen LogP contribution in [0.1, 0.15) is 12.5 Å². The summed E-state index contributed by atoms with van der Waals surface area (Å²) in [6, 6.07) is 18.7. The molecule has 0 aliphatic rings. The summed E-state index contributed by atoms with van der Waals surface area (Å²) < 4.78 is 0. The molecule has 2 nitrogen and oxygen atoms in total. The molecule has 0 atom stereocenters. The van der Waals surface area contributed by atoms with Crippen LogP contribution in [0.15, 0.2) is 54.6 Å². The van der Waals surface area contributed by atoms with Gasteiger partial charge in [0.1, 0.15) is 0 Å². The molecule has 0 bridgehead atoms. The fourth-order valence-electron chi connectivity index (χ4n) is 2.06. The number of anilines is 2. The predicted octanol–water partition coefficient (Wildman–Crippen LogP) is 3.34. The van der Waals surface area contributed by atoms with Gasteiger partial charge in [-0.15, -0.1) is 0 Å². The van der Waals surface area contributed by atoms with E-state index in [-0.39, 0.29) is 0 Å². The number of hydrogen-bond donors (Lipinski definition) is 1. The van der Waals surface area contributed by atoms with E-state index < -0.39 is 0 Å². The van der Waals surface area contributed by atoms with E-state index in [0.29, 0.717) is 0 Å². The number of nitrogens with zero attached hydrogens (tertiary/aromatic N) is 1. The maximum Gasteiger partial charge on any atom is 0.0366 e. The van der Waals surface area contributed by atoms with Crippen LogP contribution in [0.4, 0.5) is 11.4 Å². The zero-order valence-corrected chi connectivity index (χ0v) is 10.8. The number of nitrogens with two attached hydrogens (primary N) is 1. The molecule has 18 heavy (non-hydrogen) atoms. The third-order valence-electron chi connectivity index (χ3n) is 3.15. The highest BCUT2D eigenvalue weighted by molar-refractivity contribution is 5.46. The second-order valence-corrected chi connectivity index (χ2v) is 4.41. The molecule has 0 aromatic heterocycles. The first-order chi connectivity index (χ1) is 8.79. The molecular formula is C16H20N2. The first-order valence-corrected chi connectivity index (χ1v) is 6.44. The molecule has 0 unspecified atom stereocenters.